The van der Waals surface area contributed by atoms with E-state index in [0.29, 0.717) is 5.15 Å². The first kappa shape index (κ1) is 11.1. The van der Waals surface area contributed by atoms with Crippen LogP contribution in [0.15, 0.2) is 35.2 Å². The molecule has 0 saturated carbocycles. The van der Waals surface area contributed by atoms with Crippen molar-refractivity contribution in [2.45, 2.75) is 0 Å². The molecule has 3 aromatic heterocycles. The summed E-state index contributed by atoms with van der Waals surface area (Å²) < 4.78 is 1.95. The van der Waals surface area contributed by atoms with Gasteiger partial charge in [-0.25, -0.2) is 9.97 Å². The maximum absolute atomic E-state index is 5.83. The van der Waals surface area contributed by atoms with Gasteiger partial charge in [-0.1, -0.05) is 11.6 Å². The van der Waals surface area contributed by atoms with Crippen LogP contribution in [0.1, 0.15) is 0 Å². The van der Waals surface area contributed by atoms with Gasteiger partial charge in [0.25, 0.3) is 0 Å². The fourth-order valence-corrected chi connectivity index (χ4v) is 2.88. The smallest absolute Gasteiger partial charge is 0.131 e. The van der Waals surface area contributed by atoms with Gasteiger partial charge in [-0.05, 0) is 22.0 Å². The molecule has 0 N–H and O–H groups in total. The van der Waals surface area contributed by atoms with Gasteiger partial charge in [-0.15, -0.1) is 11.3 Å². The SMILES string of the molecule is Clc1cc2nc(-c3cncc(Br)c3)sc2cn1. The first-order chi connectivity index (χ1) is 8.22. The first-order valence-corrected chi connectivity index (χ1v) is 6.74. The summed E-state index contributed by atoms with van der Waals surface area (Å²) in [7, 11) is 0. The van der Waals surface area contributed by atoms with Crippen LogP contribution in [0.4, 0.5) is 0 Å². The molecule has 0 amide bonds. The van der Waals surface area contributed by atoms with E-state index in [0.717, 1.165) is 25.3 Å². The second kappa shape index (κ2) is 4.33. The van der Waals surface area contributed by atoms with Crippen LogP contribution in [0.3, 0.4) is 0 Å². The molecular formula is C11H5BrClN3S. The highest BCUT2D eigenvalue weighted by Gasteiger charge is 2.07. The lowest BCUT2D eigenvalue weighted by Crippen LogP contribution is -1.78. The largest absolute Gasteiger partial charge is 0.263 e. The monoisotopic (exact) mass is 325 g/mol. The minimum Gasteiger partial charge on any atom is -0.263 e. The van der Waals surface area contributed by atoms with E-state index in [9.17, 15) is 0 Å². The molecule has 0 bridgehead atoms. The molecule has 3 nitrogen and oxygen atoms in total. The van der Waals surface area contributed by atoms with Crippen LogP contribution in [-0.4, -0.2) is 15.0 Å². The van der Waals surface area contributed by atoms with Crippen LogP contribution in [0.2, 0.25) is 5.15 Å². The van der Waals surface area contributed by atoms with Gasteiger partial charge < -0.3 is 0 Å². The van der Waals surface area contributed by atoms with Gasteiger partial charge >= 0.3 is 0 Å². The number of nitrogens with zero attached hydrogens (tertiary/aromatic N) is 3. The van der Waals surface area contributed by atoms with Crippen LogP contribution in [-0.2, 0) is 0 Å². The van der Waals surface area contributed by atoms with E-state index in [-0.39, 0.29) is 0 Å². The highest BCUT2D eigenvalue weighted by molar-refractivity contribution is 9.10. The summed E-state index contributed by atoms with van der Waals surface area (Å²) >= 11 is 10.8. The third-order valence-electron chi connectivity index (χ3n) is 2.19. The van der Waals surface area contributed by atoms with E-state index in [2.05, 4.69) is 30.9 Å². The molecule has 3 heterocycles. The zero-order valence-electron chi connectivity index (χ0n) is 8.39. The molecule has 0 saturated heterocycles. The van der Waals surface area contributed by atoms with Gasteiger partial charge in [0.2, 0.25) is 0 Å². The van der Waals surface area contributed by atoms with E-state index in [4.69, 9.17) is 11.6 Å². The van der Waals surface area contributed by atoms with Gasteiger partial charge in [0, 0.05) is 34.7 Å². The molecule has 0 fully saturated rings. The maximum Gasteiger partial charge on any atom is 0.131 e. The van der Waals surface area contributed by atoms with Crippen molar-refractivity contribution in [3.63, 3.8) is 0 Å². The van der Waals surface area contributed by atoms with Crippen LogP contribution in [0.5, 0.6) is 0 Å². The third-order valence-corrected chi connectivity index (χ3v) is 3.89. The second-order valence-corrected chi connectivity index (χ2v) is 5.72. The second-order valence-electron chi connectivity index (χ2n) is 3.39. The Morgan fingerprint density at radius 3 is 2.88 bits per heavy atom. The van der Waals surface area contributed by atoms with Gasteiger partial charge in [-0.3, -0.25) is 4.98 Å². The van der Waals surface area contributed by atoms with E-state index < -0.39 is 0 Å². The minimum absolute atomic E-state index is 0.460. The van der Waals surface area contributed by atoms with Crippen molar-refractivity contribution in [2.24, 2.45) is 0 Å². The summed E-state index contributed by atoms with van der Waals surface area (Å²) in [5, 5.41) is 1.37. The summed E-state index contributed by atoms with van der Waals surface area (Å²) in [4.78, 5) is 12.7. The zero-order valence-corrected chi connectivity index (χ0v) is 11.6. The Morgan fingerprint density at radius 2 is 2.06 bits per heavy atom. The van der Waals surface area contributed by atoms with E-state index in [1.807, 2.05) is 6.07 Å². The molecule has 17 heavy (non-hydrogen) atoms. The molecule has 0 atom stereocenters. The lowest BCUT2D eigenvalue weighted by Gasteiger charge is -1.94. The Kier molecular flexibility index (Phi) is 2.82. The Labute approximate surface area is 115 Å². The molecule has 0 aliphatic carbocycles. The fourth-order valence-electron chi connectivity index (χ4n) is 1.46. The van der Waals surface area contributed by atoms with Crippen molar-refractivity contribution in [1.82, 2.24) is 15.0 Å². The Hall–Kier alpha value is -1.04. The summed E-state index contributed by atoms with van der Waals surface area (Å²) in [6.07, 6.45) is 5.27. The quantitative estimate of drug-likeness (QED) is 0.630. The molecule has 0 aromatic carbocycles. The number of thiazole rings is 1. The van der Waals surface area contributed by atoms with Crippen molar-refractivity contribution in [3.8, 4) is 10.6 Å². The van der Waals surface area contributed by atoms with Crippen LogP contribution in [0.25, 0.3) is 20.8 Å². The standard InChI is InChI=1S/C11H5BrClN3S/c12-7-1-6(3-14-4-7)11-16-8-2-10(13)15-5-9(8)17-11/h1-5H. The normalized spacial score (nSPS) is 10.9. The van der Waals surface area contributed by atoms with Gasteiger partial charge in [-0.2, -0.15) is 0 Å². The van der Waals surface area contributed by atoms with Crippen molar-refractivity contribution in [3.05, 3.63) is 40.3 Å². The van der Waals surface area contributed by atoms with Gasteiger partial charge in [0.15, 0.2) is 0 Å². The number of aromatic nitrogens is 3. The van der Waals surface area contributed by atoms with Crippen molar-refractivity contribution in [1.29, 1.82) is 0 Å². The Balaban J connectivity index is 2.18. The van der Waals surface area contributed by atoms with Crippen LogP contribution >= 0.6 is 38.9 Å². The fraction of sp³-hybridized carbons (Fsp3) is 0. The predicted molar refractivity (Wildman–Crippen MR) is 73.4 cm³/mol. The topological polar surface area (TPSA) is 38.7 Å². The highest BCUT2D eigenvalue weighted by Crippen LogP contribution is 2.31. The van der Waals surface area contributed by atoms with Crippen LogP contribution in [0, 0.1) is 0 Å². The van der Waals surface area contributed by atoms with E-state index >= 15 is 0 Å². The number of halogens is 2. The van der Waals surface area contributed by atoms with Crippen LogP contribution < -0.4 is 0 Å². The van der Waals surface area contributed by atoms with Gasteiger partial charge in [0.05, 0.1) is 10.2 Å². The van der Waals surface area contributed by atoms with E-state index in [1.165, 1.54) is 0 Å². The molecule has 0 aliphatic rings. The minimum atomic E-state index is 0.460. The lowest BCUT2D eigenvalue weighted by molar-refractivity contribution is 1.30. The number of hydrogen-bond acceptors (Lipinski definition) is 4. The third kappa shape index (κ3) is 2.18. The average Bonchev–Trinajstić information content (AvgIpc) is 2.72. The predicted octanol–water partition coefficient (Wildman–Crippen LogP) is 4.17. The average molecular weight is 327 g/mol. The number of rotatable bonds is 1. The molecule has 0 spiro atoms. The summed E-state index contributed by atoms with van der Waals surface area (Å²) in [6, 6.07) is 3.75. The molecule has 3 rings (SSSR count). The number of hydrogen-bond donors (Lipinski definition) is 0. The summed E-state index contributed by atoms with van der Waals surface area (Å²) in [6.45, 7) is 0. The Bertz CT molecular complexity index is 698. The zero-order chi connectivity index (χ0) is 11.8. The van der Waals surface area contributed by atoms with E-state index in [1.54, 1.807) is 36.0 Å². The molecule has 0 aliphatic heterocycles. The number of fused-ring (bicyclic) bond motifs is 1. The molecule has 3 aromatic rings. The van der Waals surface area contributed by atoms with Crippen molar-refractivity contribution >= 4 is 49.1 Å². The highest BCUT2D eigenvalue weighted by atomic mass is 79.9. The maximum atomic E-state index is 5.83. The first-order valence-electron chi connectivity index (χ1n) is 4.75. The van der Waals surface area contributed by atoms with Crippen molar-refractivity contribution in [2.75, 3.05) is 0 Å². The summed E-state index contributed by atoms with van der Waals surface area (Å²) in [5.74, 6) is 0. The summed E-state index contributed by atoms with van der Waals surface area (Å²) in [5.41, 5.74) is 1.85. The molecule has 84 valence electrons. The number of pyridine rings is 2. The molecule has 0 unspecified atom stereocenters. The Morgan fingerprint density at radius 1 is 1.18 bits per heavy atom. The van der Waals surface area contributed by atoms with Gasteiger partial charge in [0.1, 0.15) is 10.2 Å². The van der Waals surface area contributed by atoms with Crippen molar-refractivity contribution < 1.29 is 0 Å². The lowest BCUT2D eigenvalue weighted by atomic mass is 10.3. The molecule has 6 heteroatoms. The molecule has 0 radical (unpaired) electrons. The molecular weight excluding hydrogens is 322 g/mol.